The molecule has 0 saturated heterocycles. The second-order valence-corrected chi connectivity index (χ2v) is 4.63. The molecule has 1 rings (SSSR count). The van der Waals surface area contributed by atoms with E-state index in [4.69, 9.17) is 5.11 Å². The van der Waals surface area contributed by atoms with E-state index < -0.39 is 5.97 Å². The number of carboxylic acids is 1. The number of hydrogen-bond donors (Lipinski definition) is 1. The minimum Gasteiger partial charge on any atom is -0.478 e. The van der Waals surface area contributed by atoms with E-state index in [1.807, 2.05) is 0 Å². The van der Waals surface area contributed by atoms with Gasteiger partial charge in [-0.2, -0.15) is 0 Å². The van der Waals surface area contributed by atoms with E-state index in [0.29, 0.717) is 6.54 Å². The standard InChI is InChI=1S/C14H18N2O4/c1-10(17)15(2)9-13(18)16(3)8-11-4-6-12(7-5-11)14(19)20/h4-7H,8-9H2,1-3H3,(H,19,20). The van der Waals surface area contributed by atoms with Gasteiger partial charge in [-0.1, -0.05) is 12.1 Å². The first kappa shape index (κ1) is 15.7. The summed E-state index contributed by atoms with van der Waals surface area (Å²) < 4.78 is 0. The van der Waals surface area contributed by atoms with Gasteiger partial charge in [-0.25, -0.2) is 4.79 Å². The van der Waals surface area contributed by atoms with Gasteiger partial charge in [-0.3, -0.25) is 9.59 Å². The first-order valence-corrected chi connectivity index (χ1v) is 6.09. The fourth-order valence-electron chi connectivity index (χ4n) is 1.55. The highest BCUT2D eigenvalue weighted by atomic mass is 16.4. The zero-order chi connectivity index (χ0) is 15.3. The van der Waals surface area contributed by atoms with Gasteiger partial charge in [0.1, 0.15) is 0 Å². The Balaban J connectivity index is 2.61. The largest absolute Gasteiger partial charge is 0.478 e. The third kappa shape index (κ3) is 4.38. The number of amides is 2. The van der Waals surface area contributed by atoms with Crippen LogP contribution in [0.5, 0.6) is 0 Å². The first-order valence-electron chi connectivity index (χ1n) is 6.09. The molecule has 0 aliphatic carbocycles. The highest BCUT2D eigenvalue weighted by Gasteiger charge is 2.13. The molecule has 0 aromatic heterocycles. The number of nitrogens with zero attached hydrogens (tertiary/aromatic N) is 2. The smallest absolute Gasteiger partial charge is 0.335 e. The second kappa shape index (κ2) is 6.70. The minimum absolute atomic E-state index is 0.0268. The number of likely N-dealkylation sites (N-methyl/N-ethyl adjacent to an activating group) is 2. The van der Waals surface area contributed by atoms with Gasteiger partial charge in [0.2, 0.25) is 11.8 Å². The molecule has 1 N–H and O–H groups in total. The lowest BCUT2D eigenvalue weighted by atomic mass is 10.1. The fourth-order valence-corrected chi connectivity index (χ4v) is 1.55. The van der Waals surface area contributed by atoms with Crippen LogP contribution in [0.2, 0.25) is 0 Å². The van der Waals surface area contributed by atoms with E-state index >= 15 is 0 Å². The van der Waals surface area contributed by atoms with Crippen LogP contribution in [0.15, 0.2) is 24.3 Å². The SMILES string of the molecule is CC(=O)N(C)CC(=O)N(C)Cc1ccc(C(=O)O)cc1. The summed E-state index contributed by atoms with van der Waals surface area (Å²) in [4.78, 5) is 36.5. The van der Waals surface area contributed by atoms with Crippen molar-refractivity contribution in [3.05, 3.63) is 35.4 Å². The molecule has 0 radical (unpaired) electrons. The summed E-state index contributed by atoms with van der Waals surface area (Å²) in [5, 5.41) is 8.79. The molecule has 6 nitrogen and oxygen atoms in total. The molecule has 108 valence electrons. The van der Waals surface area contributed by atoms with Crippen LogP contribution < -0.4 is 0 Å². The van der Waals surface area contributed by atoms with E-state index in [-0.39, 0.29) is 23.9 Å². The molecule has 0 atom stereocenters. The van der Waals surface area contributed by atoms with Crippen molar-refractivity contribution < 1.29 is 19.5 Å². The normalized spacial score (nSPS) is 9.95. The van der Waals surface area contributed by atoms with Gasteiger partial charge in [0.25, 0.3) is 0 Å². The number of aromatic carboxylic acids is 1. The van der Waals surface area contributed by atoms with Crippen molar-refractivity contribution in [1.82, 2.24) is 9.80 Å². The average molecular weight is 278 g/mol. The average Bonchev–Trinajstić information content (AvgIpc) is 2.38. The monoisotopic (exact) mass is 278 g/mol. The Labute approximate surface area is 117 Å². The van der Waals surface area contributed by atoms with Crippen LogP contribution in [0.4, 0.5) is 0 Å². The molecule has 0 spiro atoms. The Hall–Kier alpha value is -2.37. The van der Waals surface area contributed by atoms with E-state index in [1.54, 1.807) is 26.2 Å². The lowest BCUT2D eigenvalue weighted by Crippen LogP contribution is -2.38. The number of benzene rings is 1. The van der Waals surface area contributed by atoms with Crippen molar-refractivity contribution in [2.24, 2.45) is 0 Å². The molecule has 0 bridgehead atoms. The van der Waals surface area contributed by atoms with Crippen LogP contribution in [0.1, 0.15) is 22.8 Å². The number of carboxylic acid groups (broad SMARTS) is 1. The molecule has 0 fully saturated rings. The Morgan fingerprint density at radius 2 is 1.60 bits per heavy atom. The summed E-state index contributed by atoms with van der Waals surface area (Å²) in [6, 6.07) is 6.33. The molecule has 0 heterocycles. The Morgan fingerprint density at radius 3 is 2.05 bits per heavy atom. The molecule has 6 heteroatoms. The zero-order valence-electron chi connectivity index (χ0n) is 11.8. The fraction of sp³-hybridized carbons (Fsp3) is 0.357. The van der Waals surface area contributed by atoms with Crippen LogP contribution >= 0.6 is 0 Å². The maximum atomic E-state index is 11.9. The van der Waals surface area contributed by atoms with Crippen molar-refractivity contribution >= 4 is 17.8 Å². The second-order valence-electron chi connectivity index (χ2n) is 4.63. The third-order valence-corrected chi connectivity index (χ3v) is 2.96. The molecular formula is C14H18N2O4. The molecule has 20 heavy (non-hydrogen) atoms. The van der Waals surface area contributed by atoms with Crippen molar-refractivity contribution in [2.75, 3.05) is 20.6 Å². The summed E-state index contributed by atoms with van der Waals surface area (Å²) in [7, 11) is 3.21. The molecule has 0 aliphatic heterocycles. The number of carbonyl (C=O) groups excluding carboxylic acids is 2. The molecule has 0 unspecified atom stereocenters. The van der Waals surface area contributed by atoms with Gasteiger partial charge in [0.05, 0.1) is 12.1 Å². The van der Waals surface area contributed by atoms with Crippen molar-refractivity contribution in [3.63, 3.8) is 0 Å². The van der Waals surface area contributed by atoms with E-state index in [0.717, 1.165) is 5.56 Å². The molecule has 0 saturated carbocycles. The van der Waals surface area contributed by atoms with Gasteiger partial charge < -0.3 is 14.9 Å². The lowest BCUT2D eigenvalue weighted by Gasteiger charge is -2.21. The van der Waals surface area contributed by atoms with Crippen molar-refractivity contribution in [1.29, 1.82) is 0 Å². The van der Waals surface area contributed by atoms with Gasteiger partial charge in [-0.05, 0) is 17.7 Å². The van der Waals surface area contributed by atoms with Crippen LogP contribution in [0.3, 0.4) is 0 Å². The molecular weight excluding hydrogens is 260 g/mol. The van der Waals surface area contributed by atoms with Crippen LogP contribution in [-0.4, -0.2) is 53.3 Å². The highest BCUT2D eigenvalue weighted by Crippen LogP contribution is 2.07. The molecule has 2 amide bonds. The van der Waals surface area contributed by atoms with Crippen molar-refractivity contribution in [2.45, 2.75) is 13.5 Å². The van der Waals surface area contributed by atoms with E-state index in [9.17, 15) is 14.4 Å². The molecule has 0 aliphatic rings. The highest BCUT2D eigenvalue weighted by molar-refractivity contribution is 5.87. The summed E-state index contributed by atoms with van der Waals surface area (Å²) in [5.74, 6) is -1.33. The van der Waals surface area contributed by atoms with Crippen molar-refractivity contribution in [3.8, 4) is 0 Å². The van der Waals surface area contributed by atoms with Crippen LogP contribution in [0, 0.1) is 0 Å². The van der Waals surface area contributed by atoms with Gasteiger partial charge in [-0.15, -0.1) is 0 Å². The van der Waals surface area contributed by atoms with E-state index in [2.05, 4.69) is 0 Å². The van der Waals surface area contributed by atoms with Crippen LogP contribution in [0.25, 0.3) is 0 Å². The van der Waals surface area contributed by atoms with Crippen LogP contribution in [-0.2, 0) is 16.1 Å². The summed E-state index contributed by atoms with van der Waals surface area (Å²) in [5.41, 5.74) is 1.04. The van der Waals surface area contributed by atoms with Gasteiger partial charge in [0, 0.05) is 27.6 Å². The molecule has 1 aromatic rings. The maximum Gasteiger partial charge on any atom is 0.335 e. The summed E-state index contributed by atoms with van der Waals surface area (Å²) >= 11 is 0. The van der Waals surface area contributed by atoms with E-state index in [1.165, 1.54) is 28.9 Å². The quantitative estimate of drug-likeness (QED) is 0.865. The number of hydrogen-bond acceptors (Lipinski definition) is 3. The minimum atomic E-state index is -0.982. The Bertz CT molecular complexity index is 510. The number of carbonyl (C=O) groups is 3. The zero-order valence-corrected chi connectivity index (χ0v) is 11.8. The number of rotatable bonds is 5. The van der Waals surface area contributed by atoms with Gasteiger partial charge in [0.15, 0.2) is 0 Å². The summed E-state index contributed by atoms with van der Waals surface area (Å²) in [6.07, 6.45) is 0. The first-order chi connectivity index (χ1) is 9.31. The summed E-state index contributed by atoms with van der Waals surface area (Å²) in [6.45, 7) is 1.79. The maximum absolute atomic E-state index is 11.9. The topological polar surface area (TPSA) is 77.9 Å². The third-order valence-electron chi connectivity index (χ3n) is 2.96. The van der Waals surface area contributed by atoms with Gasteiger partial charge >= 0.3 is 5.97 Å². The Morgan fingerprint density at radius 1 is 1.05 bits per heavy atom. The lowest BCUT2D eigenvalue weighted by molar-refractivity contribution is -0.137. The predicted molar refractivity (Wildman–Crippen MR) is 73.2 cm³/mol. The molecule has 1 aromatic carbocycles. The Kier molecular flexibility index (Phi) is 5.25. The predicted octanol–water partition coefficient (Wildman–Crippen LogP) is 0.822.